The molecule has 0 spiro atoms. The third-order valence-electron chi connectivity index (χ3n) is 4.90. The van der Waals surface area contributed by atoms with Gasteiger partial charge in [-0.2, -0.15) is 0 Å². The number of benzene rings is 2. The van der Waals surface area contributed by atoms with Gasteiger partial charge in [0.15, 0.2) is 0 Å². The highest BCUT2D eigenvalue weighted by molar-refractivity contribution is 5.84. The second kappa shape index (κ2) is 6.11. The summed E-state index contributed by atoms with van der Waals surface area (Å²) >= 11 is 0. The summed E-state index contributed by atoms with van der Waals surface area (Å²) in [6.45, 7) is 1.44. The highest BCUT2D eigenvalue weighted by atomic mass is 19.1. The van der Waals surface area contributed by atoms with Crippen LogP contribution in [-0.2, 0) is 11.2 Å². The lowest BCUT2D eigenvalue weighted by Gasteiger charge is -2.17. The van der Waals surface area contributed by atoms with Crippen LogP contribution in [0.25, 0.3) is 10.9 Å². The van der Waals surface area contributed by atoms with Gasteiger partial charge >= 0.3 is 0 Å². The van der Waals surface area contributed by atoms with E-state index in [1.165, 1.54) is 17.0 Å². The van der Waals surface area contributed by atoms with Crippen LogP contribution in [0.3, 0.4) is 0 Å². The van der Waals surface area contributed by atoms with Crippen LogP contribution in [0.5, 0.6) is 0 Å². The molecule has 1 unspecified atom stereocenters. The number of amides is 1. The van der Waals surface area contributed by atoms with Gasteiger partial charge in [-0.25, -0.2) is 4.39 Å². The summed E-state index contributed by atoms with van der Waals surface area (Å²) in [5.74, 6) is 0.0337. The van der Waals surface area contributed by atoms with Crippen molar-refractivity contribution in [2.24, 2.45) is 0 Å². The third-order valence-corrected chi connectivity index (χ3v) is 4.90. The molecule has 4 rings (SSSR count). The molecule has 24 heavy (non-hydrogen) atoms. The molecule has 3 aromatic rings. The standard InChI is InChI=1S/C20H19FN2O/c21-18-7-3-1-5-14(18)11-20(24)23-10-9-15(13-23)17-12-22-19-8-4-2-6-16(17)19/h1-8,12,15,22H,9-11,13H2. The van der Waals surface area contributed by atoms with E-state index in [-0.39, 0.29) is 18.1 Å². The van der Waals surface area contributed by atoms with Crippen molar-refractivity contribution < 1.29 is 9.18 Å². The third kappa shape index (κ3) is 2.68. The molecule has 1 amide bonds. The zero-order chi connectivity index (χ0) is 16.5. The number of likely N-dealkylation sites (tertiary alicyclic amines) is 1. The number of aromatic amines is 1. The quantitative estimate of drug-likeness (QED) is 0.781. The van der Waals surface area contributed by atoms with Crippen molar-refractivity contribution in [3.63, 3.8) is 0 Å². The lowest BCUT2D eigenvalue weighted by molar-refractivity contribution is -0.129. The van der Waals surface area contributed by atoms with Crippen molar-refractivity contribution >= 4 is 16.8 Å². The zero-order valence-corrected chi connectivity index (χ0v) is 13.3. The Morgan fingerprint density at radius 1 is 1.17 bits per heavy atom. The molecule has 1 aromatic heterocycles. The monoisotopic (exact) mass is 322 g/mol. The molecule has 1 N–H and O–H groups in total. The number of carbonyl (C=O) groups excluding carboxylic acids is 1. The van der Waals surface area contributed by atoms with E-state index < -0.39 is 0 Å². The molecule has 1 saturated heterocycles. The number of rotatable bonds is 3. The van der Waals surface area contributed by atoms with Gasteiger partial charge in [0.1, 0.15) is 5.82 Å². The van der Waals surface area contributed by atoms with Crippen LogP contribution in [-0.4, -0.2) is 28.9 Å². The molecular formula is C20H19FN2O. The predicted molar refractivity (Wildman–Crippen MR) is 92.3 cm³/mol. The number of fused-ring (bicyclic) bond motifs is 1. The molecule has 1 fully saturated rings. The highest BCUT2D eigenvalue weighted by Crippen LogP contribution is 2.32. The van der Waals surface area contributed by atoms with Gasteiger partial charge in [-0.05, 0) is 29.7 Å². The summed E-state index contributed by atoms with van der Waals surface area (Å²) in [4.78, 5) is 17.7. The largest absolute Gasteiger partial charge is 0.361 e. The van der Waals surface area contributed by atoms with Gasteiger partial charge < -0.3 is 9.88 Å². The maximum absolute atomic E-state index is 13.7. The molecule has 0 radical (unpaired) electrons. The average molecular weight is 322 g/mol. The Kier molecular flexibility index (Phi) is 3.81. The summed E-state index contributed by atoms with van der Waals surface area (Å²) in [6.07, 6.45) is 3.14. The first-order valence-corrected chi connectivity index (χ1v) is 8.29. The lowest BCUT2D eigenvalue weighted by atomic mass is 9.98. The first-order chi connectivity index (χ1) is 11.7. The fourth-order valence-corrected chi connectivity index (χ4v) is 3.59. The number of hydrogen-bond acceptors (Lipinski definition) is 1. The van der Waals surface area contributed by atoms with Gasteiger partial charge in [-0.15, -0.1) is 0 Å². The van der Waals surface area contributed by atoms with Crippen LogP contribution in [0.1, 0.15) is 23.5 Å². The smallest absolute Gasteiger partial charge is 0.227 e. The van der Waals surface area contributed by atoms with Gasteiger partial charge in [0.2, 0.25) is 5.91 Å². The van der Waals surface area contributed by atoms with E-state index in [1.807, 2.05) is 17.0 Å². The molecular weight excluding hydrogens is 303 g/mol. The van der Waals surface area contributed by atoms with Crippen molar-refractivity contribution in [2.75, 3.05) is 13.1 Å². The summed E-state index contributed by atoms with van der Waals surface area (Å²) in [7, 11) is 0. The lowest BCUT2D eigenvalue weighted by Crippen LogP contribution is -2.30. The minimum atomic E-state index is -0.307. The molecule has 3 nitrogen and oxygen atoms in total. The maximum atomic E-state index is 13.7. The van der Waals surface area contributed by atoms with Gasteiger partial charge in [-0.3, -0.25) is 4.79 Å². The topological polar surface area (TPSA) is 36.1 Å². The van der Waals surface area contributed by atoms with E-state index >= 15 is 0 Å². The molecule has 2 aromatic carbocycles. The van der Waals surface area contributed by atoms with Gasteiger partial charge in [0, 0.05) is 36.1 Å². The van der Waals surface area contributed by atoms with Crippen LogP contribution in [0, 0.1) is 5.82 Å². The SMILES string of the molecule is O=C(Cc1ccccc1F)N1CCC(c2c[nH]c3ccccc23)C1. The van der Waals surface area contributed by atoms with Gasteiger partial charge in [0.25, 0.3) is 0 Å². The molecule has 1 atom stereocenters. The van der Waals surface area contributed by atoms with Crippen molar-refractivity contribution in [1.82, 2.24) is 9.88 Å². The molecule has 1 aliphatic heterocycles. The van der Waals surface area contributed by atoms with E-state index in [1.54, 1.807) is 18.2 Å². The fraction of sp³-hybridized carbons (Fsp3) is 0.250. The number of carbonyl (C=O) groups is 1. The Hall–Kier alpha value is -2.62. The number of nitrogens with one attached hydrogen (secondary N) is 1. The average Bonchev–Trinajstić information content (AvgIpc) is 3.23. The first-order valence-electron chi connectivity index (χ1n) is 8.29. The number of aromatic nitrogens is 1. The molecule has 0 saturated carbocycles. The second-order valence-electron chi connectivity index (χ2n) is 6.38. The van der Waals surface area contributed by atoms with E-state index in [4.69, 9.17) is 0 Å². The van der Waals surface area contributed by atoms with E-state index in [2.05, 4.69) is 23.3 Å². The van der Waals surface area contributed by atoms with Gasteiger partial charge in [-0.1, -0.05) is 36.4 Å². The molecule has 1 aliphatic rings. The minimum absolute atomic E-state index is 0.00226. The van der Waals surface area contributed by atoms with Crippen molar-refractivity contribution in [3.05, 3.63) is 71.7 Å². The highest BCUT2D eigenvalue weighted by Gasteiger charge is 2.29. The van der Waals surface area contributed by atoms with Crippen molar-refractivity contribution in [3.8, 4) is 0 Å². The predicted octanol–water partition coefficient (Wildman–Crippen LogP) is 3.87. The molecule has 122 valence electrons. The number of H-pyrrole nitrogens is 1. The fourth-order valence-electron chi connectivity index (χ4n) is 3.59. The summed E-state index contributed by atoms with van der Waals surface area (Å²) in [5, 5.41) is 1.23. The molecule has 0 bridgehead atoms. The normalized spacial score (nSPS) is 17.5. The molecule has 2 heterocycles. The van der Waals surface area contributed by atoms with E-state index in [0.717, 1.165) is 18.5 Å². The van der Waals surface area contributed by atoms with Crippen LogP contribution in [0.2, 0.25) is 0 Å². The van der Waals surface area contributed by atoms with Crippen LogP contribution in [0.4, 0.5) is 4.39 Å². The number of hydrogen-bond donors (Lipinski definition) is 1. The second-order valence-corrected chi connectivity index (χ2v) is 6.38. The Morgan fingerprint density at radius 2 is 1.96 bits per heavy atom. The Morgan fingerprint density at radius 3 is 2.83 bits per heavy atom. The number of para-hydroxylation sites is 1. The minimum Gasteiger partial charge on any atom is -0.361 e. The zero-order valence-electron chi connectivity index (χ0n) is 13.3. The van der Waals surface area contributed by atoms with Crippen molar-refractivity contribution in [1.29, 1.82) is 0 Å². The van der Waals surface area contributed by atoms with Crippen molar-refractivity contribution in [2.45, 2.75) is 18.8 Å². The number of halogens is 1. The number of nitrogens with zero attached hydrogens (tertiary/aromatic N) is 1. The van der Waals surface area contributed by atoms with Crippen LogP contribution in [0.15, 0.2) is 54.7 Å². The molecule has 0 aliphatic carbocycles. The van der Waals surface area contributed by atoms with Gasteiger partial charge in [0.05, 0.1) is 6.42 Å². The molecule has 4 heteroatoms. The Labute approximate surface area is 140 Å². The maximum Gasteiger partial charge on any atom is 0.227 e. The van der Waals surface area contributed by atoms with E-state index in [9.17, 15) is 9.18 Å². The first kappa shape index (κ1) is 14.9. The van der Waals surface area contributed by atoms with E-state index in [0.29, 0.717) is 18.0 Å². The van der Waals surface area contributed by atoms with Crippen LogP contribution >= 0.6 is 0 Å². The summed E-state index contributed by atoms with van der Waals surface area (Å²) in [6, 6.07) is 14.7. The summed E-state index contributed by atoms with van der Waals surface area (Å²) < 4.78 is 13.7. The van der Waals surface area contributed by atoms with Crippen LogP contribution < -0.4 is 0 Å². The Balaban J connectivity index is 1.48. The Bertz CT molecular complexity index is 886. The summed E-state index contributed by atoms with van der Waals surface area (Å²) in [5.41, 5.74) is 2.87.